The summed E-state index contributed by atoms with van der Waals surface area (Å²) in [6, 6.07) is 9.12. The molecule has 2 aromatic rings. The molecule has 0 amide bonds. The van der Waals surface area contributed by atoms with Crippen molar-refractivity contribution in [3.63, 3.8) is 0 Å². The van der Waals surface area contributed by atoms with E-state index in [2.05, 4.69) is 0 Å². The summed E-state index contributed by atoms with van der Waals surface area (Å²) in [5.41, 5.74) is 0.864. The molecule has 1 N–H and O–H groups in total. The van der Waals surface area contributed by atoms with Gasteiger partial charge in [-0.05, 0) is 42.9 Å². The first-order valence-corrected chi connectivity index (χ1v) is 13.7. The molecule has 0 heterocycles. The van der Waals surface area contributed by atoms with E-state index < -0.39 is 32.6 Å². The normalized spacial score (nSPS) is 11.3. The molecule has 2 aromatic carbocycles. The van der Waals surface area contributed by atoms with Gasteiger partial charge in [0.05, 0.1) is 5.56 Å². The second kappa shape index (κ2) is 9.42. The molecule has 1 atom stereocenters. The second-order valence-corrected chi connectivity index (χ2v) is 9.73. The number of benzene rings is 2. The number of aryl methyl sites for hydroxylation is 2. The zero-order valence-electron chi connectivity index (χ0n) is 12.3. The Labute approximate surface area is 153 Å². The van der Waals surface area contributed by atoms with Gasteiger partial charge in [0, 0.05) is 5.30 Å². The molecule has 0 saturated carbocycles. The van der Waals surface area contributed by atoms with Crippen LogP contribution in [0, 0.1) is 13.8 Å². The fourth-order valence-corrected chi connectivity index (χ4v) is 3.38. The fraction of sp³-hybridized carbons (Fsp3) is 0.200. The molecule has 1 nitrogen and oxygen atoms in total. The Kier molecular flexibility index (Phi) is 8.59. The average molecular weight is 460 g/mol. The van der Waals surface area contributed by atoms with Crippen LogP contribution in [0.4, 0.5) is 13.2 Å². The van der Waals surface area contributed by atoms with Crippen molar-refractivity contribution in [2.45, 2.75) is 20.0 Å². The Balaban J connectivity index is 0.000000816. The van der Waals surface area contributed by atoms with E-state index >= 15 is 0 Å². The molecule has 0 spiro atoms. The second-order valence-electron chi connectivity index (χ2n) is 4.71. The minimum absolute atomic E-state index is 0.0327. The van der Waals surface area contributed by atoms with Crippen molar-refractivity contribution >= 4 is 36.2 Å². The summed E-state index contributed by atoms with van der Waals surface area (Å²) in [4.78, 5) is 0. The third-order valence-electron chi connectivity index (χ3n) is 2.99. The number of phenols is 1. The van der Waals surface area contributed by atoms with Gasteiger partial charge in [0.2, 0.25) is 0 Å². The Bertz CT molecular complexity index is 666. The Hall–Kier alpha value is -0.0769. The number of phenolic OH excluding ortho intramolecular Hbond substituents is 1. The van der Waals surface area contributed by atoms with E-state index in [1.165, 1.54) is 12.1 Å². The van der Waals surface area contributed by atoms with Crippen LogP contribution < -0.4 is 10.6 Å². The van der Waals surface area contributed by atoms with Gasteiger partial charge in [-0.2, -0.15) is 13.2 Å². The molecule has 0 bridgehead atoms. The van der Waals surface area contributed by atoms with E-state index in [-0.39, 0.29) is 19.6 Å². The van der Waals surface area contributed by atoms with Crippen molar-refractivity contribution in [1.82, 2.24) is 0 Å². The molecule has 2 rings (SSSR count). The van der Waals surface area contributed by atoms with Crippen molar-refractivity contribution in [2.75, 3.05) is 0 Å². The molecule has 0 aromatic heterocycles. The first-order valence-electron chi connectivity index (χ1n) is 6.40. The zero-order chi connectivity index (χ0) is 17.6. The van der Waals surface area contributed by atoms with Gasteiger partial charge in [-0.15, -0.1) is 0 Å². The summed E-state index contributed by atoms with van der Waals surface area (Å²) in [6.07, 6.45) is -4.38. The molecule has 0 aliphatic rings. The third-order valence-corrected chi connectivity index (χ3v) is 4.57. The monoisotopic (exact) mass is 458 g/mol. The van der Waals surface area contributed by atoms with Gasteiger partial charge in [-0.25, -0.2) is 0 Å². The van der Waals surface area contributed by atoms with Gasteiger partial charge < -0.3 is 5.11 Å². The maximum absolute atomic E-state index is 13.1. The van der Waals surface area contributed by atoms with Crippen LogP contribution in [0.2, 0.25) is 0 Å². The first-order chi connectivity index (χ1) is 10.7. The zero-order valence-corrected chi connectivity index (χ0v) is 17.3. The van der Waals surface area contributed by atoms with Crippen LogP contribution in [0.1, 0.15) is 16.7 Å². The summed E-state index contributed by atoms with van der Waals surface area (Å²) >= 11 is -0.826. The van der Waals surface area contributed by atoms with Crippen molar-refractivity contribution in [3.8, 4) is 5.75 Å². The van der Waals surface area contributed by atoms with E-state index in [0.717, 1.165) is 11.6 Å². The van der Waals surface area contributed by atoms with Crippen molar-refractivity contribution in [2.24, 2.45) is 0 Å². The van der Waals surface area contributed by atoms with Crippen LogP contribution in [0.5, 0.6) is 5.75 Å². The minimum atomic E-state index is -4.38. The van der Waals surface area contributed by atoms with Crippen LogP contribution in [-0.2, 0) is 27.0 Å². The van der Waals surface area contributed by atoms with Gasteiger partial charge in [-0.3, -0.25) is 0 Å². The van der Waals surface area contributed by atoms with Crippen molar-refractivity contribution < 1.29 is 39.1 Å². The number of aromatic hydroxyl groups is 1. The molecule has 8 heteroatoms. The molecular formula is C15H14Cl2F3OPZr. The standard InChI is InChI=1S/C15H14F3OP.2ClH.Zr/c1-9-6-7-12(19)13(8-9)20-14-10(2)4-3-5-11(14)15(16,17)18;;;/h3-8,19-20H,1-2H3;2*1H;/q;;;+2/p-2. The van der Waals surface area contributed by atoms with Crippen LogP contribution in [0.25, 0.3) is 0 Å². The van der Waals surface area contributed by atoms with Crippen molar-refractivity contribution in [1.29, 1.82) is 0 Å². The summed E-state index contributed by atoms with van der Waals surface area (Å²) in [5, 5.41) is 10.6. The summed E-state index contributed by atoms with van der Waals surface area (Å²) in [5.74, 6) is 0.0327. The number of hydrogen-bond donors (Lipinski definition) is 1. The van der Waals surface area contributed by atoms with E-state index in [1.54, 1.807) is 25.1 Å². The Morgan fingerprint density at radius 1 is 1.09 bits per heavy atom. The van der Waals surface area contributed by atoms with Gasteiger partial charge in [0.15, 0.2) is 0 Å². The number of halogens is 5. The van der Waals surface area contributed by atoms with Crippen LogP contribution >= 0.6 is 25.6 Å². The summed E-state index contributed by atoms with van der Waals surface area (Å²) in [6.45, 7) is 3.50. The quantitative estimate of drug-likeness (QED) is 0.624. The topological polar surface area (TPSA) is 20.2 Å². The van der Waals surface area contributed by atoms with Gasteiger partial charge in [0.1, 0.15) is 5.75 Å². The van der Waals surface area contributed by atoms with Crippen LogP contribution in [-0.4, -0.2) is 5.11 Å². The van der Waals surface area contributed by atoms with E-state index in [4.69, 9.17) is 17.0 Å². The molecule has 0 fully saturated rings. The molecule has 124 valence electrons. The molecule has 0 aliphatic carbocycles. The van der Waals surface area contributed by atoms with Crippen molar-refractivity contribution in [3.05, 3.63) is 53.1 Å². The number of rotatable bonds is 2. The molecule has 1 unspecified atom stereocenters. The van der Waals surface area contributed by atoms with Crippen LogP contribution in [0.15, 0.2) is 36.4 Å². The molecular weight excluding hydrogens is 446 g/mol. The molecule has 0 saturated heterocycles. The van der Waals surface area contributed by atoms with E-state index in [9.17, 15) is 18.3 Å². The molecule has 23 heavy (non-hydrogen) atoms. The number of alkyl halides is 3. The van der Waals surface area contributed by atoms with Gasteiger partial charge >= 0.3 is 44.1 Å². The van der Waals surface area contributed by atoms with E-state index in [1.807, 2.05) is 6.92 Å². The first kappa shape index (κ1) is 21.0. The Morgan fingerprint density at radius 2 is 1.70 bits per heavy atom. The maximum atomic E-state index is 13.1. The van der Waals surface area contributed by atoms with Crippen LogP contribution in [0.3, 0.4) is 0 Å². The average Bonchev–Trinajstić information content (AvgIpc) is 2.44. The predicted octanol–water partition coefficient (Wildman–Crippen LogP) is 5.03. The Morgan fingerprint density at radius 3 is 2.26 bits per heavy atom. The molecule has 0 radical (unpaired) electrons. The SMILES string of the molecule is Cc1ccc(O)c(Pc2c(C)cccc2C(F)(F)F)c1.[Cl][Zr][Cl]. The summed E-state index contributed by atoms with van der Waals surface area (Å²) in [7, 11) is 9.64. The van der Waals surface area contributed by atoms with E-state index in [0.29, 0.717) is 10.9 Å². The third kappa shape index (κ3) is 6.38. The molecule has 0 aliphatic heterocycles. The predicted molar refractivity (Wildman–Crippen MR) is 88.3 cm³/mol. The van der Waals surface area contributed by atoms with Gasteiger partial charge in [-0.1, -0.05) is 32.3 Å². The van der Waals surface area contributed by atoms with Gasteiger partial charge in [0.25, 0.3) is 0 Å². The fourth-order valence-electron chi connectivity index (χ4n) is 1.95. The summed E-state index contributed by atoms with van der Waals surface area (Å²) < 4.78 is 39.2. The number of hydrogen-bond acceptors (Lipinski definition) is 1.